The molecule has 8 heteroatoms. The van der Waals surface area contributed by atoms with Crippen LogP contribution in [0, 0.1) is 29.6 Å². The molecule has 180 valence electrons. The Labute approximate surface area is 209 Å². The van der Waals surface area contributed by atoms with Gasteiger partial charge in [0.15, 0.2) is 5.96 Å². The molecule has 3 aliphatic carbocycles. The van der Waals surface area contributed by atoms with Crippen LogP contribution in [-0.2, 0) is 14.3 Å². The Kier molecular flexibility index (Phi) is 9.40. The van der Waals surface area contributed by atoms with Crippen molar-refractivity contribution in [2.24, 2.45) is 34.6 Å². The van der Waals surface area contributed by atoms with Gasteiger partial charge in [-0.2, -0.15) is 0 Å². The summed E-state index contributed by atoms with van der Waals surface area (Å²) in [5, 5.41) is 6.70. The predicted octanol–water partition coefficient (Wildman–Crippen LogP) is 2.95. The minimum absolute atomic E-state index is 0. The zero-order chi connectivity index (χ0) is 21.8. The van der Waals surface area contributed by atoms with E-state index < -0.39 is 0 Å². The van der Waals surface area contributed by atoms with E-state index in [1.807, 2.05) is 0 Å². The van der Waals surface area contributed by atoms with Crippen LogP contribution in [0.15, 0.2) is 17.1 Å². The number of hydrogen-bond acceptors (Lipinski definition) is 4. The molecule has 2 saturated carbocycles. The lowest BCUT2D eigenvalue weighted by Crippen LogP contribution is -2.41. The van der Waals surface area contributed by atoms with E-state index in [2.05, 4.69) is 34.7 Å². The fourth-order valence-electron chi connectivity index (χ4n) is 6.18. The van der Waals surface area contributed by atoms with Gasteiger partial charge in [0.05, 0.1) is 17.9 Å². The number of guanidine groups is 1. The molecule has 1 aliphatic heterocycles. The van der Waals surface area contributed by atoms with Crippen LogP contribution < -0.4 is 10.6 Å². The van der Waals surface area contributed by atoms with Gasteiger partial charge in [-0.05, 0) is 56.8 Å². The van der Waals surface area contributed by atoms with Gasteiger partial charge in [-0.15, -0.1) is 24.0 Å². The number of carbonyl (C=O) groups excluding carboxylic acids is 2. The van der Waals surface area contributed by atoms with Crippen molar-refractivity contribution in [1.82, 2.24) is 15.5 Å². The van der Waals surface area contributed by atoms with E-state index in [4.69, 9.17) is 4.74 Å². The number of allylic oxidation sites excluding steroid dienone is 2. The number of hydrogen-bond donors (Lipinski definition) is 2. The maximum atomic E-state index is 12.7. The first-order chi connectivity index (χ1) is 15.1. The van der Waals surface area contributed by atoms with Gasteiger partial charge >= 0.3 is 0 Å². The van der Waals surface area contributed by atoms with Gasteiger partial charge in [0.25, 0.3) is 0 Å². The molecule has 4 rings (SSSR count). The number of carbonyl (C=O) groups is 2. The number of imide groups is 1. The molecule has 32 heavy (non-hydrogen) atoms. The minimum atomic E-state index is -0.0944. The van der Waals surface area contributed by atoms with Crippen molar-refractivity contribution in [3.8, 4) is 0 Å². The lowest BCUT2D eigenvalue weighted by atomic mass is 9.85. The first kappa shape index (κ1) is 25.5. The molecule has 1 saturated heterocycles. The third-order valence-corrected chi connectivity index (χ3v) is 7.66. The number of fused-ring (bicyclic) bond motifs is 5. The third kappa shape index (κ3) is 5.32. The van der Waals surface area contributed by atoms with Crippen molar-refractivity contribution >= 4 is 41.8 Å². The van der Waals surface area contributed by atoms with Gasteiger partial charge in [-0.25, -0.2) is 0 Å². The smallest absolute Gasteiger partial charge is 0.233 e. The molecule has 1 heterocycles. The summed E-state index contributed by atoms with van der Waals surface area (Å²) in [4.78, 5) is 31.3. The van der Waals surface area contributed by atoms with Crippen LogP contribution in [0.25, 0.3) is 0 Å². The average molecular weight is 559 g/mol. The largest absolute Gasteiger partial charge is 0.378 e. The van der Waals surface area contributed by atoms with E-state index in [1.54, 1.807) is 7.05 Å². The zero-order valence-electron chi connectivity index (χ0n) is 19.4. The Morgan fingerprint density at radius 2 is 1.75 bits per heavy atom. The number of rotatable bonds is 10. The van der Waals surface area contributed by atoms with Crippen LogP contribution in [0.1, 0.15) is 51.9 Å². The van der Waals surface area contributed by atoms with Gasteiger partial charge in [0.2, 0.25) is 11.8 Å². The van der Waals surface area contributed by atoms with E-state index >= 15 is 0 Å². The summed E-state index contributed by atoms with van der Waals surface area (Å²) < 4.78 is 5.99. The minimum Gasteiger partial charge on any atom is -0.378 e. The average Bonchev–Trinajstić information content (AvgIpc) is 3.56. The fraction of sp³-hybridized carbons (Fsp3) is 0.792. The van der Waals surface area contributed by atoms with Crippen molar-refractivity contribution in [3.63, 3.8) is 0 Å². The Morgan fingerprint density at radius 3 is 2.34 bits per heavy atom. The van der Waals surface area contributed by atoms with E-state index in [9.17, 15) is 9.59 Å². The summed E-state index contributed by atoms with van der Waals surface area (Å²) in [5.74, 6) is 1.92. The summed E-state index contributed by atoms with van der Waals surface area (Å²) in [5.41, 5.74) is 0. The first-order valence-corrected chi connectivity index (χ1v) is 12.2. The van der Waals surface area contributed by atoms with Crippen LogP contribution >= 0.6 is 24.0 Å². The highest BCUT2D eigenvalue weighted by Crippen LogP contribution is 2.52. The molecule has 0 aromatic heterocycles. The molecular weight excluding hydrogens is 519 g/mol. The Morgan fingerprint density at radius 1 is 1.12 bits per heavy atom. The van der Waals surface area contributed by atoms with Crippen molar-refractivity contribution < 1.29 is 14.3 Å². The van der Waals surface area contributed by atoms with Gasteiger partial charge < -0.3 is 15.4 Å². The van der Waals surface area contributed by atoms with Crippen molar-refractivity contribution in [2.45, 2.75) is 58.0 Å². The van der Waals surface area contributed by atoms with Crippen LogP contribution in [0.4, 0.5) is 0 Å². The highest BCUT2D eigenvalue weighted by Gasteiger charge is 2.58. The second-order valence-electron chi connectivity index (χ2n) is 9.43. The number of aliphatic imine (C=N–C) groups is 1. The molecule has 0 aromatic carbocycles. The standard InChI is InChI=1S/C24H38N4O3.HI/c1-3-31-19(16-7-4-5-8-16)11-13-27-24(25-2)26-12-6-14-28-22(29)20-17-9-10-18(15-17)21(20)23(28)30;/h9-10,16-21H,3-8,11-15H2,1-2H3,(H2,25,26,27);1H. The van der Waals surface area contributed by atoms with Crippen molar-refractivity contribution in [1.29, 1.82) is 0 Å². The topological polar surface area (TPSA) is 83.0 Å². The summed E-state index contributed by atoms with van der Waals surface area (Å²) >= 11 is 0. The number of nitrogens with zero attached hydrogens (tertiary/aromatic N) is 2. The molecule has 2 bridgehead atoms. The van der Waals surface area contributed by atoms with Gasteiger partial charge in [-0.1, -0.05) is 25.0 Å². The molecule has 3 fully saturated rings. The molecule has 5 atom stereocenters. The van der Waals surface area contributed by atoms with Crippen LogP contribution in [0.2, 0.25) is 0 Å². The Balaban J connectivity index is 0.00000289. The van der Waals surface area contributed by atoms with E-state index in [-0.39, 0.29) is 59.5 Å². The van der Waals surface area contributed by atoms with Crippen LogP contribution in [-0.4, -0.2) is 62.1 Å². The monoisotopic (exact) mass is 558 g/mol. The Hall–Kier alpha value is -1.16. The molecule has 2 N–H and O–H groups in total. The number of nitrogens with one attached hydrogen (secondary N) is 2. The van der Waals surface area contributed by atoms with E-state index in [1.165, 1.54) is 30.6 Å². The SMILES string of the molecule is CCOC(CCNC(=NC)NCCCN1C(=O)C2C3C=CC(C3)C2C1=O)C1CCCC1.I. The maximum Gasteiger partial charge on any atom is 0.233 e. The summed E-state index contributed by atoms with van der Waals surface area (Å²) in [6.45, 7) is 4.82. The molecular formula is C24H39IN4O3. The van der Waals surface area contributed by atoms with E-state index in [0.29, 0.717) is 25.1 Å². The predicted molar refractivity (Wildman–Crippen MR) is 136 cm³/mol. The number of halogens is 1. The van der Waals surface area contributed by atoms with Gasteiger partial charge in [-0.3, -0.25) is 19.5 Å². The van der Waals surface area contributed by atoms with Crippen LogP contribution in [0.5, 0.6) is 0 Å². The molecule has 0 aromatic rings. The van der Waals surface area contributed by atoms with Crippen molar-refractivity contribution in [3.05, 3.63) is 12.2 Å². The van der Waals surface area contributed by atoms with Crippen LogP contribution in [0.3, 0.4) is 0 Å². The lowest BCUT2D eigenvalue weighted by Gasteiger charge is -2.24. The highest BCUT2D eigenvalue weighted by molar-refractivity contribution is 14.0. The molecule has 5 unspecified atom stereocenters. The molecule has 0 radical (unpaired) electrons. The first-order valence-electron chi connectivity index (χ1n) is 12.2. The summed E-state index contributed by atoms with van der Waals surface area (Å²) in [6, 6.07) is 0. The molecule has 0 spiro atoms. The lowest BCUT2D eigenvalue weighted by molar-refractivity contribution is -0.140. The highest BCUT2D eigenvalue weighted by atomic mass is 127. The fourth-order valence-corrected chi connectivity index (χ4v) is 6.18. The number of likely N-dealkylation sites (tertiary alicyclic amines) is 1. The zero-order valence-corrected chi connectivity index (χ0v) is 21.8. The second kappa shape index (κ2) is 11.8. The summed E-state index contributed by atoms with van der Waals surface area (Å²) in [7, 11) is 1.77. The van der Waals surface area contributed by atoms with Gasteiger partial charge in [0, 0.05) is 33.3 Å². The summed E-state index contributed by atoms with van der Waals surface area (Å²) in [6.07, 6.45) is 12.5. The number of ether oxygens (including phenoxy) is 1. The van der Waals surface area contributed by atoms with Gasteiger partial charge in [0.1, 0.15) is 0 Å². The molecule has 7 nitrogen and oxygen atoms in total. The number of amides is 2. The quantitative estimate of drug-likeness (QED) is 0.108. The Bertz CT molecular complexity index is 692. The third-order valence-electron chi connectivity index (χ3n) is 7.66. The maximum absolute atomic E-state index is 12.7. The second-order valence-corrected chi connectivity index (χ2v) is 9.43. The molecule has 2 amide bonds. The van der Waals surface area contributed by atoms with E-state index in [0.717, 1.165) is 38.4 Å². The molecule has 4 aliphatic rings. The van der Waals surface area contributed by atoms with Crippen molar-refractivity contribution in [2.75, 3.05) is 33.3 Å². The normalized spacial score (nSPS) is 30.1.